The lowest BCUT2D eigenvalue weighted by atomic mass is 9.78. The fraction of sp³-hybridized carbons (Fsp3) is 0.300. The number of nitrogens with zero attached hydrogens (tertiary/aromatic N) is 8. The molecule has 2 amide bonds. The van der Waals surface area contributed by atoms with Crippen LogP contribution in [0.4, 0.5) is 29.5 Å². The number of rotatable bonds is 10. The molecule has 0 unspecified atom stereocenters. The van der Waals surface area contributed by atoms with Gasteiger partial charge in [-0.2, -0.15) is 0 Å². The minimum atomic E-state index is -0.928. The second-order valence-electron chi connectivity index (χ2n) is 21.3. The average molecular weight is 1150 g/mol. The highest BCUT2D eigenvalue weighted by atomic mass is 79.9. The molecule has 0 spiro atoms. The van der Waals surface area contributed by atoms with Crippen molar-refractivity contribution in [3.05, 3.63) is 182 Å². The average Bonchev–Trinajstić information content (AvgIpc) is 4.14. The number of benzene rings is 6. The summed E-state index contributed by atoms with van der Waals surface area (Å²) in [5.74, 6) is -3.78. The van der Waals surface area contributed by atoms with Crippen LogP contribution in [-0.2, 0) is 48.6 Å². The Balaban J connectivity index is 0.000000158. The molecule has 414 valence electrons. The molecule has 6 aromatic carbocycles. The highest BCUT2D eigenvalue weighted by Crippen LogP contribution is 2.37. The first kappa shape index (κ1) is 57.3. The number of amides is 2. The van der Waals surface area contributed by atoms with E-state index < -0.39 is 41.6 Å². The van der Waals surface area contributed by atoms with E-state index in [9.17, 15) is 27.2 Å². The Morgan fingerprint density at radius 1 is 0.588 bits per heavy atom. The Kier molecular flexibility index (Phi) is 16.8. The van der Waals surface area contributed by atoms with Gasteiger partial charge in [0.05, 0.1) is 22.2 Å². The van der Waals surface area contributed by atoms with Crippen molar-refractivity contribution >= 4 is 74.0 Å². The molecular weight excluding hydrogens is 1090 g/mol. The number of halogens is 5. The van der Waals surface area contributed by atoms with Crippen LogP contribution in [0.2, 0.25) is 0 Å². The summed E-state index contributed by atoms with van der Waals surface area (Å²) in [4.78, 5) is 51.7. The molecule has 14 nitrogen and oxygen atoms in total. The van der Waals surface area contributed by atoms with Crippen LogP contribution < -0.4 is 16.9 Å². The molecule has 8 aromatic rings. The van der Waals surface area contributed by atoms with E-state index in [-0.39, 0.29) is 29.4 Å². The van der Waals surface area contributed by atoms with Crippen LogP contribution in [0.15, 0.2) is 114 Å². The summed E-state index contributed by atoms with van der Waals surface area (Å²) in [5.41, 5.74) is 20.5. The van der Waals surface area contributed by atoms with E-state index in [1.54, 1.807) is 28.0 Å². The second kappa shape index (κ2) is 23.4. The van der Waals surface area contributed by atoms with Crippen LogP contribution in [0.5, 0.6) is 0 Å². The van der Waals surface area contributed by atoms with Crippen LogP contribution in [0.1, 0.15) is 95.9 Å². The maximum absolute atomic E-state index is 14.3. The van der Waals surface area contributed by atoms with Gasteiger partial charge in [-0.05, 0) is 147 Å². The van der Waals surface area contributed by atoms with Gasteiger partial charge in [0.2, 0.25) is 11.9 Å². The summed E-state index contributed by atoms with van der Waals surface area (Å²) >= 11 is 3.21. The molecular formula is C60H62BBrF4N10O4. The van der Waals surface area contributed by atoms with Crippen molar-refractivity contribution in [2.75, 3.05) is 38.7 Å². The first-order chi connectivity index (χ1) is 38.0. The number of carbonyl (C=O) groups excluding carboxylic acids is 2. The van der Waals surface area contributed by atoms with Crippen LogP contribution >= 0.6 is 15.9 Å². The van der Waals surface area contributed by atoms with Gasteiger partial charge in [0.25, 0.3) is 11.8 Å². The van der Waals surface area contributed by atoms with E-state index in [0.717, 1.165) is 52.4 Å². The number of fused-ring (bicyclic) bond motifs is 4. The van der Waals surface area contributed by atoms with Crippen molar-refractivity contribution in [1.82, 2.24) is 39.5 Å². The number of hydrogen-bond donors (Lipinski definition) is 2. The molecule has 0 saturated carbocycles. The molecule has 0 aliphatic carbocycles. The maximum atomic E-state index is 14.3. The quantitative estimate of drug-likeness (QED) is 0.0756. The minimum absolute atomic E-state index is 0.00315. The number of carbonyl (C=O) groups is 2. The normalized spacial score (nSPS) is 15.0. The number of hydrogen-bond acceptors (Lipinski definition) is 12. The Labute approximate surface area is 471 Å². The van der Waals surface area contributed by atoms with Crippen LogP contribution in [0.25, 0.3) is 32.9 Å². The minimum Gasteiger partial charge on any atom is -0.399 e. The molecule has 80 heavy (non-hydrogen) atoms. The summed E-state index contributed by atoms with van der Waals surface area (Å²) in [6.07, 6.45) is 0. The van der Waals surface area contributed by atoms with Gasteiger partial charge < -0.3 is 40.4 Å². The first-order valence-corrected chi connectivity index (χ1v) is 27.0. The van der Waals surface area contributed by atoms with Gasteiger partial charge in [-0.3, -0.25) is 9.59 Å². The number of nitrogen functional groups attached to an aromatic ring is 2. The lowest BCUT2D eigenvalue weighted by molar-refractivity contribution is 0.00578. The Morgan fingerprint density at radius 2 is 1.00 bits per heavy atom. The van der Waals surface area contributed by atoms with Gasteiger partial charge in [-0.15, -0.1) is 0 Å². The Hall–Kier alpha value is -7.36. The van der Waals surface area contributed by atoms with Crippen LogP contribution in [0.3, 0.4) is 0 Å². The third kappa shape index (κ3) is 12.2. The summed E-state index contributed by atoms with van der Waals surface area (Å²) < 4.78 is 67.0. The van der Waals surface area contributed by atoms with Crippen molar-refractivity contribution in [3.63, 3.8) is 0 Å². The zero-order chi connectivity index (χ0) is 57.4. The fourth-order valence-corrected chi connectivity index (χ4v) is 10.1. The third-order valence-electron chi connectivity index (χ3n) is 15.1. The molecule has 3 aliphatic heterocycles. The van der Waals surface area contributed by atoms with Crippen LogP contribution in [-0.4, -0.2) is 96.9 Å². The van der Waals surface area contributed by atoms with E-state index in [0.29, 0.717) is 87.9 Å². The largest absolute Gasteiger partial charge is 0.494 e. The maximum Gasteiger partial charge on any atom is 0.494 e. The molecule has 0 radical (unpaired) electrons. The fourth-order valence-electron chi connectivity index (χ4n) is 9.66. The molecule has 20 heteroatoms. The van der Waals surface area contributed by atoms with Gasteiger partial charge in [0.1, 0.15) is 11.4 Å². The van der Waals surface area contributed by atoms with Crippen molar-refractivity contribution < 1.29 is 36.5 Å². The summed E-state index contributed by atoms with van der Waals surface area (Å²) in [6, 6.07) is 31.7. The lowest BCUT2D eigenvalue weighted by Gasteiger charge is -2.32. The van der Waals surface area contributed by atoms with Crippen molar-refractivity contribution in [1.29, 1.82) is 0 Å². The monoisotopic (exact) mass is 1150 g/mol. The van der Waals surface area contributed by atoms with E-state index in [4.69, 9.17) is 20.8 Å². The van der Waals surface area contributed by atoms with E-state index >= 15 is 0 Å². The van der Waals surface area contributed by atoms with Gasteiger partial charge in [-0.25, -0.2) is 37.5 Å². The van der Waals surface area contributed by atoms with Crippen molar-refractivity contribution in [3.8, 4) is 11.1 Å². The highest BCUT2D eigenvalue weighted by Gasteiger charge is 2.52. The lowest BCUT2D eigenvalue weighted by Crippen LogP contribution is -2.41. The molecule has 0 bridgehead atoms. The molecule has 11 rings (SSSR count). The molecule has 5 heterocycles. The predicted octanol–water partition coefficient (Wildman–Crippen LogP) is 10.6. The van der Waals surface area contributed by atoms with Crippen molar-refractivity contribution in [2.45, 2.75) is 92.0 Å². The Morgan fingerprint density at radius 3 is 1.48 bits per heavy atom. The van der Waals surface area contributed by atoms with Gasteiger partial charge in [0.15, 0.2) is 23.3 Å². The smallest absolute Gasteiger partial charge is 0.399 e. The molecule has 4 N–H and O–H groups in total. The summed E-state index contributed by atoms with van der Waals surface area (Å²) in [7, 11) is 3.30. The molecule has 0 atom stereocenters. The zero-order valence-electron chi connectivity index (χ0n) is 45.9. The first-order valence-electron chi connectivity index (χ1n) is 26.2. The summed E-state index contributed by atoms with van der Waals surface area (Å²) in [5, 5.41) is 1.15. The molecule has 3 aliphatic rings. The Bertz CT molecular complexity index is 3620. The SMILES string of the molecule is CC1(C)OB(c2ccc3nc(N)nc(C(=O)N4Cc5ccccc5C4)c3c2)OC1(C)C.CCN(C)Cc1cc(F)c(F)cc1-c1ccc2nc(N)nc(C(=O)N3Cc4ccccc4C3)c2c1.CCN(C)Cc1cc(F)c(F)cc1Br. The topological polar surface area (TPSA) is 169 Å². The van der Waals surface area contributed by atoms with E-state index in [2.05, 4.69) is 35.9 Å². The molecule has 2 aromatic heterocycles. The van der Waals surface area contributed by atoms with Crippen LogP contribution in [0, 0.1) is 23.3 Å². The number of anilines is 2. The predicted molar refractivity (Wildman–Crippen MR) is 307 cm³/mol. The number of aromatic nitrogens is 4. The standard InChI is InChI=1S/C27H25F2N5O.C23H25BN4O3.C10H12BrF2N/c1-3-33(2)13-19-11-22(28)23(29)12-20(19)16-8-9-24-21(10-16)25(32-27(30)31-24)26(35)34-14-17-6-4-5-7-18(17)15-34;1-22(2)23(3,4)31-24(30-22)16-9-10-18-17(11-16)19(27-21(25)26-18)20(29)28-12-14-7-5-6-8-15(14)13-28;1-3-14(2)6-7-4-9(12)10(13)5-8(7)11/h4-12H,3,13-15H2,1-2H3,(H2,30,31,32);5-11H,12-13H2,1-4H3,(H2,25,26,27);4-5H,3,6H2,1-2H3. The van der Waals surface area contributed by atoms with Gasteiger partial charge in [0, 0.05) is 54.5 Å². The highest BCUT2D eigenvalue weighted by molar-refractivity contribution is 9.10. The van der Waals surface area contributed by atoms with E-state index in [1.165, 1.54) is 18.2 Å². The zero-order valence-corrected chi connectivity index (χ0v) is 47.5. The number of nitrogens with two attached hydrogens (primary N) is 2. The van der Waals surface area contributed by atoms with Crippen molar-refractivity contribution in [2.24, 2.45) is 0 Å². The van der Waals surface area contributed by atoms with Gasteiger partial charge in [-0.1, -0.05) is 96.5 Å². The second-order valence-corrected chi connectivity index (χ2v) is 22.1. The van der Waals surface area contributed by atoms with Gasteiger partial charge >= 0.3 is 7.12 Å². The molecule has 1 fully saturated rings. The summed E-state index contributed by atoms with van der Waals surface area (Å²) in [6.45, 7) is 16.8. The third-order valence-corrected chi connectivity index (χ3v) is 15.9. The van der Waals surface area contributed by atoms with E-state index in [1.807, 2.05) is 132 Å². The molecule has 1 saturated heterocycles.